The second kappa shape index (κ2) is 5.86. The third-order valence-corrected chi connectivity index (χ3v) is 3.76. The van der Waals surface area contributed by atoms with Crippen LogP contribution < -0.4 is 16.4 Å². The zero-order valence-corrected chi connectivity index (χ0v) is 11.2. The van der Waals surface area contributed by atoms with Crippen molar-refractivity contribution in [3.8, 4) is 0 Å². The summed E-state index contributed by atoms with van der Waals surface area (Å²) in [5, 5.41) is 6.82. The summed E-state index contributed by atoms with van der Waals surface area (Å²) in [5.74, 6) is 0.185. The molecule has 0 atom stereocenters. The van der Waals surface area contributed by atoms with Gasteiger partial charge in [0.25, 0.3) is 5.91 Å². The molecule has 0 saturated heterocycles. The van der Waals surface area contributed by atoms with Gasteiger partial charge in [0.05, 0.1) is 0 Å². The zero-order valence-electron chi connectivity index (χ0n) is 10.4. The van der Waals surface area contributed by atoms with Crippen LogP contribution in [-0.4, -0.2) is 23.5 Å². The summed E-state index contributed by atoms with van der Waals surface area (Å²) in [6.45, 7) is 2.91. The van der Waals surface area contributed by atoms with Crippen molar-refractivity contribution in [3.63, 3.8) is 0 Å². The van der Waals surface area contributed by atoms with Gasteiger partial charge in [-0.05, 0) is 19.3 Å². The van der Waals surface area contributed by atoms with Gasteiger partial charge in [-0.15, -0.1) is 0 Å². The SMILES string of the molecule is CCCNc1nc(N)c(C(=O)NC2CC=CC2)s1. The first-order chi connectivity index (χ1) is 8.70. The van der Waals surface area contributed by atoms with Gasteiger partial charge in [-0.2, -0.15) is 0 Å². The lowest BCUT2D eigenvalue weighted by Gasteiger charge is -2.10. The summed E-state index contributed by atoms with van der Waals surface area (Å²) < 4.78 is 0. The number of aromatic nitrogens is 1. The Morgan fingerprint density at radius 1 is 1.56 bits per heavy atom. The number of hydrogen-bond donors (Lipinski definition) is 3. The van der Waals surface area contributed by atoms with E-state index in [1.54, 1.807) is 0 Å². The molecule has 1 aliphatic rings. The summed E-state index contributed by atoms with van der Waals surface area (Å²) >= 11 is 1.31. The van der Waals surface area contributed by atoms with Crippen LogP contribution in [0.1, 0.15) is 35.9 Å². The van der Waals surface area contributed by atoms with Crippen molar-refractivity contribution < 1.29 is 4.79 Å². The molecule has 0 spiro atoms. The lowest BCUT2D eigenvalue weighted by Crippen LogP contribution is -2.32. The Kier molecular flexibility index (Phi) is 4.19. The number of anilines is 2. The Labute approximate surface area is 110 Å². The lowest BCUT2D eigenvalue weighted by atomic mass is 10.2. The summed E-state index contributed by atoms with van der Waals surface area (Å²) in [5.41, 5.74) is 5.77. The predicted octanol–water partition coefficient (Wildman–Crippen LogP) is 2.00. The van der Waals surface area contributed by atoms with Gasteiger partial charge in [0.2, 0.25) is 0 Å². The van der Waals surface area contributed by atoms with Gasteiger partial charge in [-0.3, -0.25) is 4.79 Å². The molecule has 0 fully saturated rings. The Bertz CT molecular complexity index is 447. The third kappa shape index (κ3) is 3.01. The molecule has 4 N–H and O–H groups in total. The van der Waals surface area contributed by atoms with E-state index in [1.807, 2.05) is 0 Å². The van der Waals surface area contributed by atoms with Gasteiger partial charge in [-0.1, -0.05) is 30.4 Å². The first-order valence-electron chi connectivity index (χ1n) is 6.16. The maximum Gasteiger partial charge on any atom is 0.265 e. The molecule has 0 unspecified atom stereocenters. The normalized spacial score (nSPS) is 14.9. The van der Waals surface area contributed by atoms with Crippen LogP contribution in [0.2, 0.25) is 0 Å². The first kappa shape index (κ1) is 12.9. The van der Waals surface area contributed by atoms with Crippen molar-refractivity contribution in [1.29, 1.82) is 0 Å². The van der Waals surface area contributed by atoms with Crippen molar-refractivity contribution in [2.24, 2.45) is 0 Å². The maximum atomic E-state index is 12.0. The molecular weight excluding hydrogens is 248 g/mol. The lowest BCUT2D eigenvalue weighted by molar-refractivity contribution is 0.0944. The molecular formula is C12H18N4OS. The van der Waals surface area contributed by atoms with Crippen LogP contribution in [0.25, 0.3) is 0 Å². The minimum atomic E-state index is -0.122. The van der Waals surface area contributed by atoms with Crippen LogP contribution in [0.4, 0.5) is 10.9 Å². The largest absolute Gasteiger partial charge is 0.382 e. The number of hydrogen-bond acceptors (Lipinski definition) is 5. The number of nitrogens with zero attached hydrogens (tertiary/aromatic N) is 1. The molecule has 1 heterocycles. The second-order valence-electron chi connectivity index (χ2n) is 4.27. The van der Waals surface area contributed by atoms with E-state index >= 15 is 0 Å². The fourth-order valence-corrected chi connectivity index (χ4v) is 2.60. The molecule has 2 rings (SSSR count). The van der Waals surface area contributed by atoms with Crippen LogP contribution >= 0.6 is 11.3 Å². The monoisotopic (exact) mass is 266 g/mol. The van der Waals surface area contributed by atoms with Gasteiger partial charge >= 0.3 is 0 Å². The Morgan fingerprint density at radius 3 is 2.94 bits per heavy atom. The number of thiazole rings is 1. The van der Waals surface area contributed by atoms with Crippen molar-refractivity contribution in [2.75, 3.05) is 17.6 Å². The van der Waals surface area contributed by atoms with Crippen LogP contribution in [0.15, 0.2) is 12.2 Å². The number of carbonyl (C=O) groups is 1. The highest BCUT2D eigenvalue weighted by Gasteiger charge is 2.19. The van der Waals surface area contributed by atoms with Crippen molar-refractivity contribution >= 4 is 28.2 Å². The van der Waals surface area contributed by atoms with Crippen LogP contribution in [0.5, 0.6) is 0 Å². The fourth-order valence-electron chi connectivity index (χ4n) is 1.79. The maximum absolute atomic E-state index is 12.0. The number of rotatable bonds is 5. The Hall–Kier alpha value is -1.56. The van der Waals surface area contributed by atoms with Gasteiger partial charge < -0.3 is 16.4 Å². The van der Waals surface area contributed by atoms with E-state index in [9.17, 15) is 4.79 Å². The smallest absolute Gasteiger partial charge is 0.265 e. The highest BCUT2D eigenvalue weighted by molar-refractivity contribution is 7.18. The summed E-state index contributed by atoms with van der Waals surface area (Å²) in [6.07, 6.45) is 6.95. The molecule has 0 bridgehead atoms. The Morgan fingerprint density at radius 2 is 2.28 bits per heavy atom. The summed E-state index contributed by atoms with van der Waals surface area (Å²) in [7, 11) is 0. The summed E-state index contributed by atoms with van der Waals surface area (Å²) in [6, 6.07) is 0.200. The summed E-state index contributed by atoms with van der Waals surface area (Å²) in [4.78, 5) is 16.7. The van der Waals surface area contributed by atoms with E-state index in [-0.39, 0.29) is 11.9 Å². The first-order valence-corrected chi connectivity index (χ1v) is 6.98. The van der Waals surface area contributed by atoms with Crippen molar-refractivity contribution in [3.05, 3.63) is 17.0 Å². The highest BCUT2D eigenvalue weighted by Crippen LogP contribution is 2.25. The molecule has 1 aromatic rings. The third-order valence-electron chi connectivity index (χ3n) is 2.73. The topological polar surface area (TPSA) is 80.0 Å². The van der Waals surface area contributed by atoms with E-state index < -0.39 is 0 Å². The molecule has 0 radical (unpaired) electrons. The van der Waals surface area contributed by atoms with E-state index in [4.69, 9.17) is 5.73 Å². The highest BCUT2D eigenvalue weighted by atomic mass is 32.1. The Balaban J connectivity index is 1.98. The van der Waals surface area contributed by atoms with Gasteiger partial charge in [0.15, 0.2) is 5.13 Å². The second-order valence-corrected chi connectivity index (χ2v) is 5.27. The van der Waals surface area contributed by atoms with Gasteiger partial charge in [0.1, 0.15) is 10.7 Å². The minimum absolute atomic E-state index is 0.122. The molecule has 6 heteroatoms. The number of nitrogen functional groups attached to an aromatic ring is 1. The molecule has 98 valence electrons. The number of carbonyl (C=O) groups excluding carboxylic acids is 1. The average Bonchev–Trinajstić information content (AvgIpc) is 2.96. The molecule has 1 aliphatic carbocycles. The molecule has 0 saturated carbocycles. The zero-order chi connectivity index (χ0) is 13.0. The van der Waals surface area contributed by atoms with Crippen LogP contribution in [0, 0.1) is 0 Å². The molecule has 0 aromatic carbocycles. The van der Waals surface area contributed by atoms with Crippen LogP contribution in [0.3, 0.4) is 0 Å². The molecule has 5 nitrogen and oxygen atoms in total. The standard InChI is InChI=1S/C12H18N4OS/c1-2-7-14-12-16-10(13)9(18-12)11(17)15-8-5-3-4-6-8/h3-4,8H,2,5-7,13H2,1H3,(H,14,16)(H,15,17). The number of nitrogens with two attached hydrogens (primary N) is 1. The predicted molar refractivity (Wildman–Crippen MR) is 74.9 cm³/mol. The van der Waals surface area contributed by atoms with E-state index in [0.717, 1.165) is 25.8 Å². The van der Waals surface area contributed by atoms with Gasteiger partial charge in [0, 0.05) is 12.6 Å². The number of nitrogens with one attached hydrogen (secondary N) is 2. The number of amides is 1. The molecule has 18 heavy (non-hydrogen) atoms. The van der Waals surface area contributed by atoms with E-state index in [1.165, 1.54) is 11.3 Å². The average molecular weight is 266 g/mol. The minimum Gasteiger partial charge on any atom is -0.382 e. The van der Waals surface area contributed by atoms with E-state index in [0.29, 0.717) is 15.8 Å². The molecule has 1 amide bonds. The van der Waals surface area contributed by atoms with Crippen molar-refractivity contribution in [1.82, 2.24) is 10.3 Å². The molecule has 1 aromatic heterocycles. The fraction of sp³-hybridized carbons (Fsp3) is 0.500. The van der Waals surface area contributed by atoms with Gasteiger partial charge in [-0.25, -0.2) is 4.98 Å². The van der Waals surface area contributed by atoms with Crippen molar-refractivity contribution in [2.45, 2.75) is 32.2 Å². The van der Waals surface area contributed by atoms with Crippen LogP contribution in [-0.2, 0) is 0 Å². The van der Waals surface area contributed by atoms with E-state index in [2.05, 4.69) is 34.7 Å². The molecule has 0 aliphatic heterocycles. The quantitative estimate of drug-likeness (QED) is 0.712.